The molecule has 1 saturated carbocycles. The van der Waals surface area contributed by atoms with E-state index in [4.69, 9.17) is 0 Å². The first-order valence-corrected chi connectivity index (χ1v) is 8.63. The summed E-state index contributed by atoms with van der Waals surface area (Å²) < 4.78 is 0. The third kappa shape index (κ3) is 3.95. The number of nitrogens with zero attached hydrogens (tertiary/aromatic N) is 1. The SMILES string of the molecule is CCCC1CN(C2CC(C)CC(C)C2)C(CC)CN1. The molecule has 0 bridgehead atoms. The molecule has 19 heavy (non-hydrogen) atoms. The molecule has 2 nitrogen and oxygen atoms in total. The topological polar surface area (TPSA) is 15.3 Å². The van der Waals surface area contributed by atoms with Crippen molar-refractivity contribution in [3.05, 3.63) is 0 Å². The molecule has 1 heterocycles. The highest BCUT2D eigenvalue weighted by Gasteiger charge is 2.35. The first-order valence-electron chi connectivity index (χ1n) is 8.63. The van der Waals surface area contributed by atoms with Gasteiger partial charge in [0.15, 0.2) is 0 Å². The van der Waals surface area contributed by atoms with Crippen LogP contribution in [0.3, 0.4) is 0 Å². The quantitative estimate of drug-likeness (QED) is 0.835. The van der Waals surface area contributed by atoms with Crippen molar-refractivity contribution < 1.29 is 0 Å². The second kappa shape index (κ2) is 7.08. The van der Waals surface area contributed by atoms with Crippen molar-refractivity contribution >= 4 is 0 Å². The lowest BCUT2D eigenvalue weighted by Gasteiger charge is -2.47. The molecule has 112 valence electrons. The molecule has 0 spiro atoms. The second-order valence-electron chi connectivity index (χ2n) is 7.22. The molecule has 2 rings (SSSR count). The van der Waals surface area contributed by atoms with Crippen LogP contribution in [0.4, 0.5) is 0 Å². The summed E-state index contributed by atoms with van der Waals surface area (Å²) in [6.07, 6.45) is 8.24. The summed E-state index contributed by atoms with van der Waals surface area (Å²) in [5.74, 6) is 1.84. The minimum atomic E-state index is 0.736. The zero-order valence-corrected chi connectivity index (χ0v) is 13.5. The summed E-state index contributed by atoms with van der Waals surface area (Å²) >= 11 is 0. The molecular formula is C17H34N2. The molecule has 1 saturated heterocycles. The summed E-state index contributed by atoms with van der Waals surface area (Å²) in [6, 6.07) is 2.36. The van der Waals surface area contributed by atoms with Crippen molar-refractivity contribution in [3.63, 3.8) is 0 Å². The number of piperazine rings is 1. The lowest BCUT2D eigenvalue weighted by atomic mass is 9.79. The molecule has 1 aliphatic carbocycles. The molecule has 0 aromatic rings. The number of hydrogen-bond donors (Lipinski definition) is 1. The van der Waals surface area contributed by atoms with E-state index in [1.165, 1.54) is 51.6 Å². The van der Waals surface area contributed by atoms with Crippen molar-refractivity contribution in [2.75, 3.05) is 13.1 Å². The van der Waals surface area contributed by atoms with Gasteiger partial charge in [0.25, 0.3) is 0 Å². The average molecular weight is 266 g/mol. The molecule has 4 atom stereocenters. The van der Waals surface area contributed by atoms with Gasteiger partial charge in [-0.15, -0.1) is 0 Å². The van der Waals surface area contributed by atoms with Gasteiger partial charge < -0.3 is 5.32 Å². The van der Waals surface area contributed by atoms with Crippen LogP contribution in [0.1, 0.15) is 66.2 Å². The monoisotopic (exact) mass is 266 g/mol. The van der Waals surface area contributed by atoms with E-state index >= 15 is 0 Å². The average Bonchev–Trinajstić information content (AvgIpc) is 2.38. The van der Waals surface area contributed by atoms with E-state index in [9.17, 15) is 0 Å². The van der Waals surface area contributed by atoms with Crippen LogP contribution in [-0.2, 0) is 0 Å². The third-order valence-electron chi connectivity index (χ3n) is 5.27. The highest BCUT2D eigenvalue weighted by Crippen LogP contribution is 2.33. The van der Waals surface area contributed by atoms with Crippen LogP contribution in [0.2, 0.25) is 0 Å². The van der Waals surface area contributed by atoms with Gasteiger partial charge >= 0.3 is 0 Å². The smallest absolute Gasteiger partial charge is 0.0221 e. The first kappa shape index (κ1) is 15.3. The molecule has 0 amide bonds. The van der Waals surface area contributed by atoms with Gasteiger partial charge in [-0.2, -0.15) is 0 Å². The molecule has 0 radical (unpaired) electrons. The van der Waals surface area contributed by atoms with E-state index < -0.39 is 0 Å². The van der Waals surface area contributed by atoms with Gasteiger partial charge in [-0.3, -0.25) is 4.90 Å². The van der Waals surface area contributed by atoms with Crippen molar-refractivity contribution in [2.24, 2.45) is 11.8 Å². The van der Waals surface area contributed by atoms with E-state index in [1.807, 2.05) is 0 Å². The molecule has 2 aliphatic rings. The molecule has 1 aliphatic heterocycles. The molecule has 4 unspecified atom stereocenters. The molecule has 2 heteroatoms. The standard InChI is InChI=1S/C17H34N2/c1-5-7-15-12-19(16(6-2)11-18-15)17-9-13(3)8-14(4)10-17/h13-18H,5-12H2,1-4H3. The molecule has 2 fully saturated rings. The Kier molecular flexibility index (Phi) is 5.70. The zero-order chi connectivity index (χ0) is 13.8. The van der Waals surface area contributed by atoms with Gasteiger partial charge in [-0.25, -0.2) is 0 Å². The van der Waals surface area contributed by atoms with Crippen molar-refractivity contribution in [1.29, 1.82) is 0 Å². The summed E-state index contributed by atoms with van der Waals surface area (Å²) in [5.41, 5.74) is 0. The highest BCUT2D eigenvalue weighted by atomic mass is 15.3. The Morgan fingerprint density at radius 2 is 1.74 bits per heavy atom. The first-order chi connectivity index (χ1) is 9.13. The summed E-state index contributed by atoms with van der Waals surface area (Å²) in [5, 5.41) is 3.77. The van der Waals surface area contributed by atoms with Crippen LogP contribution in [0.15, 0.2) is 0 Å². The third-order valence-corrected chi connectivity index (χ3v) is 5.27. The highest BCUT2D eigenvalue weighted by molar-refractivity contribution is 4.92. The number of hydrogen-bond acceptors (Lipinski definition) is 2. The van der Waals surface area contributed by atoms with E-state index in [0.29, 0.717) is 0 Å². The van der Waals surface area contributed by atoms with E-state index in [1.54, 1.807) is 0 Å². The van der Waals surface area contributed by atoms with Gasteiger partial charge in [0.05, 0.1) is 0 Å². The van der Waals surface area contributed by atoms with Gasteiger partial charge in [-0.1, -0.05) is 34.1 Å². The Morgan fingerprint density at radius 1 is 1.05 bits per heavy atom. The Bertz CT molecular complexity index is 256. The van der Waals surface area contributed by atoms with Gasteiger partial charge in [0, 0.05) is 31.2 Å². The van der Waals surface area contributed by atoms with Crippen LogP contribution >= 0.6 is 0 Å². The maximum absolute atomic E-state index is 3.77. The molecular weight excluding hydrogens is 232 g/mol. The maximum Gasteiger partial charge on any atom is 0.0221 e. The minimum Gasteiger partial charge on any atom is -0.311 e. The lowest BCUT2D eigenvalue weighted by Crippen LogP contribution is -2.60. The van der Waals surface area contributed by atoms with Crippen molar-refractivity contribution in [1.82, 2.24) is 10.2 Å². The van der Waals surface area contributed by atoms with E-state index in [2.05, 4.69) is 37.9 Å². The van der Waals surface area contributed by atoms with Crippen LogP contribution in [0.25, 0.3) is 0 Å². The van der Waals surface area contributed by atoms with Crippen molar-refractivity contribution in [3.8, 4) is 0 Å². The Hall–Kier alpha value is -0.0800. The number of nitrogens with one attached hydrogen (secondary N) is 1. The van der Waals surface area contributed by atoms with Gasteiger partial charge in [0.2, 0.25) is 0 Å². The maximum atomic E-state index is 3.77. The summed E-state index contributed by atoms with van der Waals surface area (Å²) in [7, 11) is 0. The predicted octanol–water partition coefficient (Wildman–Crippen LogP) is 3.66. The normalized spacial score (nSPS) is 41.4. The molecule has 1 N–H and O–H groups in total. The summed E-state index contributed by atoms with van der Waals surface area (Å²) in [4.78, 5) is 2.88. The fraction of sp³-hybridized carbons (Fsp3) is 1.00. The lowest BCUT2D eigenvalue weighted by molar-refractivity contribution is 0.0351. The predicted molar refractivity (Wildman–Crippen MR) is 83.5 cm³/mol. The van der Waals surface area contributed by atoms with Crippen LogP contribution in [0.5, 0.6) is 0 Å². The van der Waals surface area contributed by atoms with Gasteiger partial charge in [0.1, 0.15) is 0 Å². The Morgan fingerprint density at radius 3 is 2.32 bits per heavy atom. The Balaban J connectivity index is 2.00. The Labute approximate surface area is 120 Å². The fourth-order valence-electron chi connectivity index (χ4n) is 4.43. The van der Waals surface area contributed by atoms with Crippen LogP contribution < -0.4 is 5.32 Å². The second-order valence-corrected chi connectivity index (χ2v) is 7.22. The van der Waals surface area contributed by atoms with Crippen LogP contribution in [-0.4, -0.2) is 36.1 Å². The summed E-state index contributed by atoms with van der Waals surface area (Å²) in [6.45, 7) is 12.1. The fourth-order valence-corrected chi connectivity index (χ4v) is 4.43. The number of rotatable bonds is 4. The molecule has 0 aromatic carbocycles. The minimum absolute atomic E-state index is 0.736. The van der Waals surface area contributed by atoms with Gasteiger partial charge in [-0.05, 0) is 43.9 Å². The zero-order valence-electron chi connectivity index (χ0n) is 13.5. The molecule has 0 aromatic heterocycles. The largest absolute Gasteiger partial charge is 0.311 e. The van der Waals surface area contributed by atoms with E-state index in [-0.39, 0.29) is 0 Å². The van der Waals surface area contributed by atoms with E-state index in [0.717, 1.165) is 30.0 Å². The van der Waals surface area contributed by atoms with Crippen LogP contribution in [0, 0.1) is 11.8 Å². The van der Waals surface area contributed by atoms with Crippen molar-refractivity contribution in [2.45, 2.75) is 84.3 Å².